The quantitative estimate of drug-likeness (QED) is 0.147. The van der Waals surface area contributed by atoms with E-state index >= 15 is 0 Å². The minimum atomic E-state index is -1.95. The first-order valence-corrected chi connectivity index (χ1v) is 13.6. The molecular weight excluding hydrogens is 560 g/mol. The van der Waals surface area contributed by atoms with Gasteiger partial charge < -0.3 is 60.5 Å². The summed E-state index contributed by atoms with van der Waals surface area (Å²) < 4.78 is 17.8. The first-order chi connectivity index (χ1) is 19.4. The SMILES string of the molecule is CC1(O)OC(CO)[C@@H](O)[C@H](O)[C@@H]1O.CC1(O)OC(CO)[C@@H](O)[C@H](O)[C@@H]1O.CCn1cc[n+](C)c1.CCn1cc[n+](C)c1. The molecule has 2 aliphatic rings. The van der Waals surface area contributed by atoms with E-state index in [9.17, 15) is 40.9 Å². The molecule has 2 aromatic rings. The first-order valence-electron chi connectivity index (χ1n) is 13.6. The molecule has 4 unspecified atom stereocenters. The van der Waals surface area contributed by atoms with Gasteiger partial charge in [0.2, 0.25) is 12.7 Å². The van der Waals surface area contributed by atoms with E-state index in [4.69, 9.17) is 19.7 Å². The highest BCUT2D eigenvalue weighted by molar-refractivity contribution is 4.94. The average molecular weight is 611 g/mol. The monoisotopic (exact) mass is 610 g/mol. The van der Waals surface area contributed by atoms with Crippen molar-refractivity contribution in [2.45, 2.75) is 101 Å². The second-order valence-electron chi connectivity index (χ2n) is 10.5. The van der Waals surface area contributed by atoms with Crippen LogP contribution in [0.4, 0.5) is 0 Å². The first kappa shape index (κ1) is 38.0. The Bertz CT molecular complexity index is 948. The van der Waals surface area contributed by atoms with Crippen LogP contribution in [0.3, 0.4) is 0 Å². The van der Waals surface area contributed by atoms with Crippen molar-refractivity contribution >= 4 is 0 Å². The third-order valence-corrected chi connectivity index (χ3v) is 6.72. The Labute approximate surface area is 245 Å². The fourth-order valence-corrected chi connectivity index (χ4v) is 4.01. The average Bonchev–Trinajstić information content (AvgIpc) is 3.59. The summed E-state index contributed by atoms with van der Waals surface area (Å²) in [4.78, 5) is 0. The molecule has 2 aliphatic heterocycles. The van der Waals surface area contributed by atoms with Gasteiger partial charge in [-0.2, -0.15) is 0 Å². The lowest BCUT2D eigenvalue weighted by Crippen LogP contribution is -2.63. The van der Waals surface area contributed by atoms with E-state index < -0.39 is 73.6 Å². The van der Waals surface area contributed by atoms with E-state index in [1.165, 1.54) is 0 Å². The third-order valence-electron chi connectivity index (χ3n) is 6.72. The number of aromatic nitrogens is 4. The van der Waals surface area contributed by atoms with Crippen molar-refractivity contribution in [3.8, 4) is 0 Å². The van der Waals surface area contributed by atoms with Crippen LogP contribution in [-0.4, -0.2) is 134 Å². The van der Waals surface area contributed by atoms with Crippen LogP contribution in [0.2, 0.25) is 0 Å². The molecule has 0 aliphatic carbocycles. The van der Waals surface area contributed by atoms with Crippen LogP contribution in [0.1, 0.15) is 27.7 Å². The van der Waals surface area contributed by atoms with Crippen LogP contribution < -0.4 is 9.13 Å². The van der Waals surface area contributed by atoms with Crippen molar-refractivity contribution < 1.29 is 69.7 Å². The number of imidazole rings is 2. The second kappa shape index (κ2) is 16.7. The number of ether oxygens (including phenoxy) is 2. The predicted molar refractivity (Wildman–Crippen MR) is 144 cm³/mol. The summed E-state index contributed by atoms with van der Waals surface area (Å²) in [6.45, 7) is 7.58. The molecule has 0 saturated carbocycles. The standard InChI is InChI=1S/2C7H14O6.2C6H11N2/c2*1-7(12)6(11)5(10)4(9)3(2-8)13-7;2*1-3-8-5-4-7(2)6-8/h2*3-6,8-12H,2H2,1H3;2*4-6H,3H2,1-2H3/q;;2*+1/t2*3?,4-,5+,6+,7?;;/m11../s1. The van der Waals surface area contributed by atoms with Crippen LogP contribution in [0, 0.1) is 0 Å². The maximum absolute atomic E-state index is 9.38. The number of hydrogen-bond acceptors (Lipinski definition) is 12. The number of hydrogen-bond donors (Lipinski definition) is 10. The Kier molecular flexibility index (Phi) is 15.1. The van der Waals surface area contributed by atoms with E-state index in [2.05, 4.69) is 48.0 Å². The fraction of sp³-hybridized carbons (Fsp3) is 0.769. The van der Waals surface area contributed by atoms with Crippen molar-refractivity contribution in [3.05, 3.63) is 37.4 Å². The van der Waals surface area contributed by atoms with Crippen LogP contribution in [0.25, 0.3) is 0 Å². The summed E-state index contributed by atoms with van der Waals surface area (Å²) >= 11 is 0. The molecule has 0 spiro atoms. The normalized spacial score (nSPS) is 36.0. The number of nitrogens with zero attached hydrogens (tertiary/aromatic N) is 4. The van der Waals surface area contributed by atoms with Gasteiger partial charge in [0.05, 0.1) is 40.4 Å². The molecule has 0 amide bonds. The number of rotatable bonds is 4. The molecular formula is C26H50N4O12+2. The Morgan fingerprint density at radius 3 is 1.14 bits per heavy atom. The third kappa shape index (κ3) is 10.6. The lowest BCUT2D eigenvalue weighted by atomic mass is 9.94. The highest BCUT2D eigenvalue weighted by atomic mass is 16.7. The summed E-state index contributed by atoms with van der Waals surface area (Å²) in [6.07, 6.45) is 1.06. The van der Waals surface area contributed by atoms with Crippen LogP contribution in [0.15, 0.2) is 37.4 Å². The topological polar surface area (TPSA) is 238 Å². The lowest BCUT2D eigenvalue weighted by Gasteiger charge is -2.43. The maximum atomic E-state index is 9.38. The molecule has 4 heterocycles. The molecule has 10 N–H and O–H groups in total. The largest absolute Gasteiger partial charge is 0.394 e. The smallest absolute Gasteiger partial charge is 0.243 e. The molecule has 0 aromatic carbocycles. The predicted octanol–water partition coefficient (Wildman–Crippen LogP) is -5.00. The summed E-state index contributed by atoms with van der Waals surface area (Å²) in [7, 11) is 4.04. The molecule has 2 saturated heterocycles. The van der Waals surface area contributed by atoms with Gasteiger partial charge in [0.25, 0.3) is 0 Å². The van der Waals surface area contributed by atoms with Crippen molar-refractivity contribution in [1.29, 1.82) is 0 Å². The minimum Gasteiger partial charge on any atom is -0.394 e. The molecule has 10 atom stereocenters. The summed E-state index contributed by atoms with van der Waals surface area (Å²) in [5, 5.41) is 91.6. The summed E-state index contributed by atoms with van der Waals surface area (Å²) in [6, 6.07) is 0. The van der Waals surface area contributed by atoms with Crippen molar-refractivity contribution in [2.75, 3.05) is 13.2 Å². The summed E-state index contributed by atoms with van der Waals surface area (Å²) in [5.74, 6) is -3.90. The number of aliphatic hydroxyl groups excluding tert-OH is 8. The van der Waals surface area contributed by atoms with E-state index in [0.717, 1.165) is 26.9 Å². The second-order valence-corrected chi connectivity index (χ2v) is 10.5. The van der Waals surface area contributed by atoms with Crippen molar-refractivity contribution in [2.24, 2.45) is 14.1 Å². The number of aryl methyl sites for hydroxylation is 4. The van der Waals surface area contributed by atoms with E-state index in [0.29, 0.717) is 0 Å². The van der Waals surface area contributed by atoms with Gasteiger partial charge >= 0.3 is 0 Å². The Hall–Kier alpha value is -2.06. The highest BCUT2D eigenvalue weighted by Crippen LogP contribution is 2.28. The zero-order valence-corrected chi connectivity index (χ0v) is 25.0. The zero-order chi connectivity index (χ0) is 32.4. The van der Waals surface area contributed by atoms with Gasteiger partial charge in [0.15, 0.2) is 11.6 Å². The molecule has 0 bridgehead atoms. The van der Waals surface area contributed by atoms with Crippen LogP contribution in [0.5, 0.6) is 0 Å². The lowest BCUT2D eigenvalue weighted by molar-refractivity contribution is -0.671. The van der Waals surface area contributed by atoms with Gasteiger partial charge in [-0.05, 0) is 27.7 Å². The Morgan fingerprint density at radius 1 is 0.643 bits per heavy atom. The molecule has 16 heteroatoms. The number of aliphatic hydroxyl groups is 10. The van der Waals surface area contributed by atoms with Gasteiger partial charge in [0, 0.05) is 0 Å². The van der Waals surface area contributed by atoms with Gasteiger partial charge in [-0.25, -0.2) is 18.3 Å². The van der Waals surface area contributed by atoms with E-state index in [1.54, 1.807) is 0 Å². The molecule has 2 aromatic heterocycles. The fourth-order valence-electron chi connectivity index (χ4n) is 4.01. The van der Waals surface area contributed by atoms with Gasteiger partial charge in [0.1, 0.15) is 73.6 Å². The van der Waals surface area contributed by atoms with Gasteiger partial charge in [-0.15, -0.1) is 0 Å². The van der Waals surface area contributed by atoms with E-state index in [1.807, 2.05) is 35.6 Å². The van der Waals surface area contributed by atoms with Gasteiger partial charge in [-0.3, -0.25) is 0 Å². The van der Waals surface area contributed by atoms with Crippen LogP contribution in [-0.2, 0) is 36.7 Å². The maximum Gasteiger partial charge on any atom is 0.243 e. The molecule has 16 nitrogen and oxygen atoms in total. The molecule has 244 valence electrons. The molecule has 2 fully saturated rings. The highest BCUT2D eigenvalue weighted by Gasteiger charge is 2.50. The van der Waals surface area contributed by atoms with Crippen molar-refractivity contribution in [1.82, 2.24) is 9.13 Å². The van der Waals surface area contributed by atoms with Gasteiger partial charge in [-0.1, -0.05) is 0 Å². The molecule has 42 heavy (non-hydrogen) atoms. The zero-order valence-electron chi connectivity index (χ0n) is 25.0. The Morgan fingerprint density at radius 2 is 0.952 bits per heavy atom. The Balaban J connectivity index is 0.000000287. The molecule has 4 rings (SSSR count). The minimum absolute atomic E-state index is 0.541. The summed E-state index contributed by atoms with van der Waals surface area (Å²) in [5.41, 5.74) is 0. The van der Waals surface area contributed by atoms with E-state index in [-0.39, 0.29) is 0 Å². The van der Waals surface area contributed by atoms with Crippen LogP contribution >= 0.6 is 0 Å². The van der Waals surface area contributed by atoms with Crippen molar-refractivity contribution in [3.63, 3.8) is 0 Å². The molecule has 0 radical (unpaired) electrons.